The zero-order chi connectivity index (χ0) is 31.7. The number of cyclic esters (lactones) is 2. The molecule has 1 saturated heterocycles. The first-order valence-electron chi connectivity index (χ1n) is 17.5. The largest absolute Gasteiger partial charge is 0.508 e. The molecule has 4 aliphatic carbocycles. The highest BCUT2D eigenvalue weighted by Gasteiger charge is 2.59. The third-order valence-corrected chi connectivity index (χ3v) is 12.6. The molecule has 0 aromatic carbocycles. The predicted octanol–water partition coefficient (Wildman–Crippen LogP) is 7.84. The molecule has 4 unspecified atom stereocenters. The average molecular weight is 616 g/mol. The number of hydrogen-bond acceptors (Lipinski definition) is 7. The monoisotopic (exact) mass is 615 g/mol. The van der Waals surface area contributed by atoms with Crippen LogP contribution in [0.1, 0.15) is 112 Å². The smallest absolute Gasteiger partial charge is 0.463 e. The minimum Gasteiger partial charge on any atom is -0.463 e. The van der Waals surface area contributed by atoms with Gasteiger partial charge in [-0.25, -0.2) is 9.59 Å². The Hall–Kier alpha value is -2.25. The van der Waals surface area contributed by atoms with E-state index in [1.54, 1.807) is 6.92 Å². The van der Waals surface area contributed by atoms with E-state index in [1.807, 2.05) is 0 Å². The van der Waals surface area contributed by atoms with Crippen molar-refractivity contribution in [1.29, 1.82) is 0 Å². The molecule has 1 amide bonds. The Morgan fingerprint density at radius 2 is 1.75 bits per heavy atom. The summed E-state index contributed by atoms with van der Waals surface area (Å²) in [5.41, 5.74) is 1.16. The van der Waals surface area contributed by atoms with Gasteiger partial charge in [-0.3, -0.25) is 4.79 Å². The van der Waals surface area contributed by atoms with Gasteiger partial charge in [-0.05, 0) is 98.2 Å². The maximum atomic E-state index is 12.6. The number of carbonyl (C=O) groups is 3. The van der Waals surface area contributed by atoms with Crippen LogP contribution in [-0.4, -0.2) is 50.7 Å². The van der Waals surface area contributed by atoms with Crippen LogP contribution in [-0.2, 0) is 23.7 Å². The van der Waals surface area contributed by atoms with Crippen LogP contribution in [0.15, 0.2) is 11.6 Å². The van der Waals surface area contributed by atoms with Crippen LogP contribution in [0.5, 0.6) is 0 Å². The van der Waals surface area contributed by atoms with Crippen molar-refractivity contribution in [3.8, 4) is 0 Å². The van der Waals surface area contributed by atoms with Crippen molar-refractivity contribution >= 4 is 18.2 Å². The van der Waals surface area contributed by atoms with E-state index < -0.39 is 23.6 Å². The summed E-state index contributed by atoms with van der Waals surface area (Å²) in [6.07, 6.45) is 14.7. The minimum absolute atomic E-state index is 0.00605. The van der Waals surface area contributed by atoms with Crippen LogP contribution in [0.4, 0.5) is 9.59 Å². The molecule has 0 spiro atoms. The number of ether oxygens (including phenoxy) is 4. The quantitative estimate of drug-likeness (QED) is 0.116. The maximum absolute atomic E-state index is 12.6. The lowest BCUT2D eigenvalue weighted by Gasteiger charge is -2.58. The molecule has 0 radical (unpaired) electrons. The molecule has 0 aromatic heterocycles. The zero-order valence-corrected chi connectivity index (χ0v) is 28.1. The predicted molar refractivity (Wildman–Crippen MR) is 168 cm³/mol. The second-order valence-electron chi connectivity index (χ2n) is 16.0. The van der Waals surface area contributed by atoms with Crippen molar-refractivity contribution in [2.75, 3.05) is 26.4 Å². The number of esters is 1. The van der Waals surface area contributed by atoms with Gasteiger partial charge in [0.15, 0.2) is 0 Å². The first-order chi connectivity index (χ1) is 20.9. The normalized spacial score (nSPS) is 36.5. The molecule has 8 nitrogen and oxygen atoms in total. The lowest BCUT2D eigenvalue weighted by Crippen LogP contribution is -2.51. The highest BCUT2D eigenvalue weighted by molar-refractivity contribution is 5.78. The standard InChI is InChI=1S/C36H57NO7/c1-23(2)8-7-9-24(3)28-12-13-29-27-11-10-25-20-26(14-16-35(25,5)30(27)15-17-36(28,29)6)44-32(39)37-18-19-41-31(38)34(4)21-42-33(40)43-22-34/h10,23-24,26-30H,7-9,11-22H2,1-6H3,(H,37,39)/t24-,26?,27+,28?,29?,30?,35+,36-/m1/s1. The van der Waals surface area contributed by atoms with Gasteiger partial charge in [0, 0.05) is 6.42 Å². The van der Waals surface area contributed by atoms with Crippen molar-refractivity contribution in [3.63, 3.8) is 0 Å². The average Bonchev–Trinajstić information content (AvgIpc) is 3.34. The molecule has 0 bridgehead atoms. The summed E-state index contributed by atoms with van der Waals surface area (Å²) in [5.74, 6) is 4.33. The van der Waals surface area contributed by atoms with Gasteiger partial charge >= 0.3 is 18.2 Å². The van der Waals surface area contributed by atoms with Gasteiger partial charge in [-0.15, -0.1) is 0 Å². The van der Waals surface area contributed by atoms with Gasteiger partial charge in [-0.2, -0.15) is 0 Å². The van der Waals surface area contributed by atoms with E-state index in [1.165, 1.54) is 56.9 Å². The minimum atomic E-state index is -1.04. The second kappa shape index (κ2) is 13.2. The van der Waals surface area contributed by atoms with Crippen molar-refractivity contribution in [1.82, 2.24) is 5.32 Å². The van der Waals surface area contributed by atoms with Gasteiger partial charge in [-0.1, -0.05) is 65.5 Å². The molecular weight excluding hydrogens is 558 g/mol. The molecular formula is C36H57NO7. The first-order valence-corrected chi connectivity index (χ1v) is 17.5. The van der Waals surface area contributed by atoms with E-state index in [-0.39, 0.29) is 37.9 Å². The summed E-state index contributed by atoms with van der Waals surface area (Å²) in [7, 11) is 0. The summed E-state index contributed by atoms with van der Waals surface area (Å²) in [6, 6.07) is 0. The Morgan fingerprint density at radius 1 is 1.00 bits per heavy atom. The summed E-state index contributed by atoms with van der Waals surface area (Å²) in [5, 5.41) is 2.72. The molecule has 1 N–H and O–H groups in total. The van der Waals surface area contributed by atoms with Crippen LogP contribution in [0, 0.1) is 51.8 Å². The fourth-order valence-corrected chi connectivity index (χ4v) is 10.1. The Labute approximate surface area is 264 Å². The van der Waals surface area contributed by atoms with E-state index in [4.69, 9.17) is 18.9 Å². The summed E-state index contributed by atoms with van der Waals surface area (Å²) < 4.78 is 20.8. The highest BCUT2D eigenvalue weighted by atomic mass is 16.7. The summed E-state index contributed by atoms with van der Waals surface area (Å²) in [6.45, 7) is 14.0. The first kappa shape index (κ1) is 33.1. The van der Waals surface area contributed by atoms with E-state index in [2.05, 4.69) is 46.0 Å². The van der Waals surface area contributed by atoms with Crippen LogP contribution in [0.2, 0.25) is 0 Å². The maximum Gasteiger partial charge on any atom is 0.508 e. The SMILES string of the molecule is CC(C)CCC[C@@H](C)C1CCC2[C@@H]3CC=C4CC(OC(=O)NCCOC(=O)C5(C)COC(=O)OC5)CC[C@]4(C)C3CC[C@@]21C. The van der Waals surface area contributed by atoms with E-state index in [9.17, 15) is 14.4 Å². The van der Waals surface area contributed by atoms with Crippen LogP contribution in [0.25, 0.3) is 0 Å². The number of rotatable bonds is 10. The van der Waals surface area contributed by atoms with Crippen molar-refractivity contribution in [3.05, 3.63) is 11.6 Å². The van der Waals surface area contributed by atoms with E-state index in [0.29, 0.717) is 5.41 Å². The van der Waals surface area contributed by atoms with Crippen molar-refractivity contribution in [2.24, 2.45) is 51.8 Å². The molecule has 5 aliphatic rings. The molecule has 248 valence electrons. The molecule has 8 heteroatoms. The van der Waals surface area contributed by atoms with Gasteiger partial charge < -0.3 is 24.3 Å². The number of allylic oxidation sites excluding steroid dienone is 1. The molecule has 4 fully saturated rings. The molecule has 1 aliphatic heterocycles. The lowest BCUT2D eigenvalue weighted by atomic mass is 9.47. The number of carbonyl (C=O) groups excluding carboxylic acids is 3. The molecule has 44 heavy (non-hydrogen) atoms. The van der Waals surface area contributed by atoms with Gasteiger partial charge in [0.1, 0.15) is 31.3 Å². The molecule has 8 atom stereocenters. The Kier molecular flexibility index (Phi) is 9.96. The van der Waals surface area contributed by atoms with E-state index >= 15 is 0 Å². The van der Waals surface area contributed by atoms with Crippen LogP contribution >= 0.6 is 0 Å². The van der Waals surface area contributed by atoms with Gasteiger partial charge in [0.05, 0.1) is 6.54 Å². The van der Waals surface area contributed by atoms with Crippen LogP contribution in [0.3, 0.4) is 0 Å². The molecule has 0 aromatic rings. The zero-order valence-electron chi connectivity index (χ0n) is 28.1. The van der Waals surface area contributed by atoms with E-state index in [0.717, 1.165) is 54.8 Å². The number of hydrogen-bond donors (Lipinski definition) is 1. The Bertz CT molecular complexity index is 1090. The summed E-state index contributed by atoms with van der Waals surface area (Å²) >= 11 is 0. The lowest BCUT2D eigenvalue weighted by molar-refractivity contribution is -0.165. The second-order valence-corrected chi connectivity index (χ2v) is 16.0. The van der Waals surface area contributed by atoms with Gasteiger partial charge in [0.2, 0.25) is 0 Å². The third-order valence-electron chi connectivity index (χ3n) is 12.6. The number of fused-ring (bicyclic) bond motifs is 5. The number of alkyl carbamates (subject to hydrolysis) is 1. The Balaban J connectivity index is 1.09. The van der Waals surface area contributed by atoms with Crippen LogP contribution < -0.4 is 5.32 Å². The summed E-state index contributed by atoms with van der Waals surface area (Å²) in [4.78, 5) is 36.1. The third kappa shape index (κ3) is 6.65. The fraction of sp³-hybridized carbons (Fsp3) is 0.861. The molecule has 1 heterocycles. The number of amides is 1. The highest BCUT2D eigenvalue weighted by Crippen LogP contribution is 2.67. The Morgan fingerprint density at radius 3 is 2.48 bits per heavy atom. The van der Waals surface area contributed by atoms with Crippen molar-refractivity contribution in [2.45, 2.75) is 118 Å². The topological polar surface area (TPSA) is 100 Å². The fourth-order valence-electron chi connectivity index (χ4n) is 10.1. The van der Waals surface area contributed by atoms with Gasteiger partial charge in [0.25, 0.3) is 0 Å². The molecule has 3 saturated carbocycles. The van der Waals surface area contributed by atoms with Crippen molar-refractivity contribution < 1.29 is 33.3 Å². The molecule has 5 rings (SSSR count). The number of nitrogens with one attached hydrogen (secondary N) is 1.